The van der Waals surface area contributed by atoms with E-state index in [-0.39, 0.29) is 0 Å². The van der Waals surface area contributed by atoms with Crippen LogP contribution in [0.15, 0.2) is 42.5 Å². The van der Waals surface area contributed by atoms with Crippen molar-refractivity contribution >= 4 is 11.4 Å². The lowest BCUT2D eigenvalue weighted by atomic mass is 10.0. The number of hydrogen-bond donors (Lipinski definition) is 1. The van der Waals surface area contributed by atoms with Gasteiger partial charge < -0.3 is 10.2 Å². The second-order valence-electron chi connectivity index (χ2n) is 6.22. The second kappa shape index (κ2) is 7.19. The number of nitrogens with zero attached hydrogens (tertiary/aromatic N) is 2. The first-order valence-electron chi connectivity index (χ1n) is 8.35. The van der Waals surface area contributed by atoms with Gasteiger partial charge in [0.05, 0.1) is 11.6 Å². The van der Waals surface area contributed by atoms with Crippen LogP contribution < -0.4 is 10.2 Å². The Balaban J connectivity index is 1.76. The monoisotopic (exact) mass is 305 g/mol. The Kier molecular flexibility index (Phi) is 4.83. The Hall–Kier alpha value is -2.47. The van der Waals surface area contributed by atoms with Crippen LogP contribution in [0.3, 0.4) is 0 Å². The maximum atomic E-state index is 9.36. The van der Waals surface area contributed by atoms with Crippen LogP contribution in [-0.2, 0) is 6.54 Å². The molecule has 1 N–H and O–H groups in total. The van der Waals surface area contributed by atoms with Crippen molar-refractivity contribution in [1.82, 2.24) is 0 Å². The molecule has 0 aromatic heterocycles. The number of rotatable bonds is 4. The highest BCUT2D eigenvalue weighted by atomic mass is 15.1. The van der Waals surface area contributed by atoms with Crippen LogP contribution in [0, 0.1) is 18.3 Å². The second-order valence-corrected chi connectivity index (χ2v) is 6.22. The molecule has 0 saturated carbocycles. The van der Waals surface area contributed by atoms with Gasteiger partial charge in [0.15, 0.2) is 0 Å². The zero-order valence-corrected chi connectivity index (χ0v) is 13.7. The van der Waals surface area contributed by atoms with Crippen molar-refractivity contribution in [3.63, 3.8) is 0 Å². The number of nitrogens with one attached hydrogen (secondary N) is 1. The van der Waals surface area contributed by atoms with Crippen LogP contribution in [-0.4, -0.2) is 13.1 Å². The molecular weight excluding hydrogens is 282 g/mol. The van der Waals surface area contributed by atoms with E-state index in [9.17, 15) is 5.26 Å². The number of aryl methyl sites for hydroxylation is 1. The van der Waals surface area contributed by atoms with E-state index in [0.29, 0.717) is 6.54 Å². The number of hydrogen-bond acceptors (Lipinski definition) is 3. The van der Waals surface area contributed by atoms with Crippen molar-refractivity contribution in [2.75, 3.05) is 23.3 Å². The quantitative estimate of drug-likeness (QED) is 0.906. The highest BCUT2D eigenvalue weighted by Gasteiger charge is 2.12. The third-order valence-electron chi connectivity index (χ3n) is 4.47. The van der Waals surface area contributed by atoms with E-state index in [2.05, 4.69) is 59.6 Å². The lowest BCUT2D eigenvalue weighted by Gasteiger charge is -2.29. The van der Waals surface area contributed by atoms with Gasteiger partial charge in [-0.25, -0.2) is 0 Å². The minimum absolute atomic E-state index is 0.674. The molecular formula is C20H23N3. The van der Waals surface area contributed by atoms with Gasteiger partial charge in [-0.1, -0.05) is 17.7 Å². The van der Waals surface area contributed by atoms with Gasteiger partial charge in [0.1, 0.15) is 0 Å². The van der Waals surface area contributed by atoms with Gasteiger partial charge in [-0.15, -0.1) is 0 Å². The summed E-state index contributed by atoms with van der Waals surface area (Å²) in [5, 5.41) is 12.8. The fourth-order valence-electron chi connectivity index (χ4n) is 3.05. The van der Waals surface area contributed by atoms with E-state index in [1.807, 2.05) is 6.07 Å². The molecule has 1 saturated heterocycles. The number of piperidine rings is 1. The Morgan fingerprint density at radius 3 is 2.48 bits per heavy atom. The normalized spacial score (nSPS) is 14.3. The van der Waals surface area contributed by atoms with E-state index >= 15 is 0 Å². The van der Waals surface area contributed by atoms with Gasteiger partial charge in [-0.2, -0.15) is 5.26 Å². The Morgan fingerprint density at radius 2 is 1.78 bits per heavy atom. The van der Waals surface area contributed by atoms with Crippen LogP contribution >= 0.6 is 0 Å². The van der Waals surface area contributed by atoms with Gasteiger partial charge in [0.2, 0.25) is 0 Å². The molecule has 0 amide bonds. The van der Waals surface area contributed by atoms with Gasteiger partial charge in [0.25, 0.3) is 0 Å². The Bertz CT molecular complexity index is 692. The maximum Gasteiger partial charge on any atom is 0.0995 e. The molecule has 1 aliphatic heterocycles. The van der Waals surface area contributed by atoms with E-state index < -0.39 is 0 Å². The topological polar surface area (TPSA) is 39.1 Å². The molecule has 2 aromatic rings. The molecule has 23 heavy (non-hydrogen) atoms. The standard InChI is InChI=1S/C20H23N3/c1-16-5-8-19(9-6-16)22-15-18-13-20(10-7-17(18)14-21)23-11-3-2-4-12-23/h5-10,13,22H,2-4,11-12,15H2,1H3. The predicted octanol–water partition coefficient (Wildman–Crippen LogP) is 4.47. The van der Waals surface area contributed by atoms with Crippen LogP contribution in [0.4, 0.5) is 11.4 Å². The van der Waals surface area contributed by atoms with Crippen molar-refractivity contribution in [3.8, 4) is 6.07 Å². The molecule has 1 fully saturated rings. The van der Waals surface area contributed by atoms with Crippen molar-refractivity contribution in [3.05, 3.63) is 59.2 Å². The molecule has 0 spiro atoms. The van der Waals surface area contributed by atoms with Crippen LogP contribution in [0.5, 0.6) is 0 Å². The summed E-state index contributed by atoms with van der Waals surface area (Å²) >= 11 is 0. The third-order valence-corrected chi connectivity index (χ3v) is 4.47. The average Bonchev–Trinajstić information content (AvgIpc) is 2.62. The van der Waals surface area contributed by atoms with Crippen molar-refractivity contribution in [2.45, 2.75) is 32.7 Å². The number of nitriles is 1. The van der Waals surface area contributed by atoms with Crippen molar-refractivity contribution < 1.29 is 0 Å². The number of anilines is 2. The smallest absolute Gasteiger partial charge is 0.0995 e. The summed E-state index contributed by atoms with van der Waals surface area (Å²) in [6.07, 6.45) is 3.85. The summed E-state index contributed by atoms with van der Waals surface area (Å²) < 4.78 is 0. The first-order valence-corrected chi connectivity index (χ1v) is 8.35. The van der Waals surface area contributed by atoms with Crippen LogP contribution in [0.25, 0.3) is 0 Å². The van der Waals surface area contributed by atoms with Crippen LogP contribution in [0.2, 0.25) is 0 Å². The summed E-state index contributed by atoms with van der Waals surface area (Å²) in [7, 11) is 0. The fourth-order valence-corrected chi connectivity index (χ4v) is 3.05. The molecule has 1 aliphatic rings. The van der Waals surface area contributed by atoms with Gasteiger partial charge in [-0.3, -0.25) is 0 Å². The molecule has 118 valence electrons. The maximum absolute atomic E-state index is 9.36. The molecule has 0 aliphatic carbocycles. The third kappa shape index (κ3) is 3.84. The highest BCUT2D eigenvalue weighted by molar-refractivity contribution is 5.55. The molecule has 2 aromatic carbocycles. The van der Waals surface area contributed by atoms with Crippen LogP contribution in [0.1, 0.15) is 36.0 Å². The molecule has 0 unspecified atom stereocenters. The minimum Gasteiger partial charge on any atom is -0.381 e. The summed E-state index contributed by atoms with van der Waals surface area (Å²) in [5.41, 5.74) is 5.40. The first kappa shape index (κ1) is 15.4. The summed E-state index contributed by atoms with van der Waals surface area (Å²) in [6, 6.07) is 16.9. The fraction of sp³-hybridized carbons (Fsp3) is 0.350. The Labute approximate surface area is 138 Å². The minimum atomic E-state index is 0.674. The summed E-state index contributed by atoms with van der Waals surface area (Å²) in [5.74, 6) is 0. The summed E-state index contributed by atoms with van der Waals surface area (Å²) in [6.45, 7) is 5.00. The zero-order valence-electron chi connectivity index (χ0n) is 13.7. The lowest BCUT2D eigenvalue weighted by molar-refractivity contribution is 0.577. The molecule has 1 heterocycles. The van der Waals surface area contributed by atoms with Crippen molar-refractivity contribution in [1.29, 1.82) is 5.26 Å². The zero-order chi connectivity index (χ0) is 16.1. The van der Waals surface area contributed by atoms with Gasteiger partial charge in [-0.05, 0) is 62.1 Å². The molecule has 0 bridgehead atoms. The van der Waals surface area contributed by atoms with E-state index in [1.54, 1.807) is 0 Å². The van der Waals surface area contributed by atoms with E-state index in [4.69, 9.17) is 0 Å². The lowest BCUT2D eigenvalue weighted by Crippen LogP contribution is -2.29. The molecule has 0 atom stereocenters. The van der Waals surface area contributed by atoms with Gasteiger partial charge in [0, 0.05) is 31.0 Å². The predicted molar refractivity (Wildman–Crippen MR) is 95.7 cm³/mol. The summed E-state index contributed by atoms with van der Waals surface area (Å²) in [4.78, 5) is 2.43. The Morgan fingerprint density at radius 1 is 1.04 bits per heavy atom. The van der Waals surface area contributed by atoms with Crippen molar-refractivity contribution in [2.24, 2.45) is 0 Å². The SMILES string of the molecule is Cc1ccc(NCc2cc(N3CCCCC3)ccc2C#N)cc1. The highest BCUT2D eigenvalue weighted by Crippen LogP contribution is 2.23. The molecule has 3 nitrogen and oxygen atoms in total. The van der Waals surface area contributed by atoms with E-state index in [0.717, 1.165) is 29.9 Å². The number of benzene rings is 2. The van der Waals surface area contributed by atoms with E-state index in [1.165, 1.54) is 30.5 Å². The first-order chi connectivity index (χ1) is 11.3. The average molecular weight is 305 g/mol. The largest absolute Gasteiger partial charge is 0.381 e. The molecule has 3 heteroatoms. The molecule has 0 radical (unpaired) electrons. The molecule has 3 rings (SSSR count). The van der Waals surface area contributed by atoms with Gasteiger partial charge >= 0.3 is 0 Å².